The Bertz CT molecular complexity index is 182. The van der Waals surface area contributed by atoms with Gasteiger partial charge < -0.3 is 0 Å². The molecule has 0 spiro atoms. The van der Waals surface area contributed by atoms with Gasteiger partial charge in [-0.1, -0.05) is 0 Å². The van der Waals surface area contributed by atoms with E-state index in [0.717, 1.165) is 11.9 Å². The van der Waals surface area contributed by atoms with E-state index in [9.17, 15) is 9.59 Å². The molecule has 1 atom stereocenters. The summed E-state index contributed by atoms with van der Waals surface area (Å²) in [5.74, 6) is 0.504. The minimum Gasteiger partial charge on any atom is -0.211 e. The van der Waals surface area contributed by atoms with Crippen LogP contribution in [0.15, 0.2) is 9.39 Å². The lowest BCUT2D eigenvalue weighted by atomic mass is 10.4. The Labute approximate surface area is 62.6 Å². The molecule has 0 fully saturated rings. The van der Waals surface area contributed by atoms with Crippen molar-refractivity contribution in [1.29, 1.82) is 0 Å². The van der Waals surface area contributed by atoms with Crippen molar-refractivity contribution in [2.75, 3.05) is 5.75 Å². The molecule has 0 bridgehead atoms. The summed E-state index contributed by atoms with van der Waals surface area (Å²) in [6.07, 6.45) is 2.78. The normalized spacial score (nSPS) is 10.9. The van der Waals surface area contributed by atoms with Crippen LogP contribution in [0.3, 0.4) is 0 Å². The molecule has 54 valence electrons. The maximum Gasteiger partial charge on any atom is 0.247 e. The number of nitrogens with zero attached hydrogens (tertiary/aromatic N) is 2. The molecule has 0 heterocycles. The molecule has 10 heavy (non-hydrogen) atoms. The summed E-state index contributed by atoms with van der Waals surface area (Å²) in [6, 6.07) is -0.139. The van der Waals surface area contributed by atoms with Gasteiger partial charge in [-0.3, -0.25) is 0 Å². The lowest BCUT2D eigenvalue weighted by molar-refractivity contribution is 0.560. The van der Waals surface area contributed by atoms with Crippen LogP contribution in [0.2, 0.25) is 0 Å². The SMILES string of the molecule is CC(CSN=C=O)N=C=O. The first-order chi connectivity index (χ1) is 4.81. The summed E-state index contributed by atoms with van der Waals surface area (Å²) >= 11 is 1.03. The number of hydrogen-bond donors (Lipinski definition) is 0. The van der Waals surface area contributed by atoms with E-state index in [4.69, 9.17) is 0 Å². The van der Waals surface area contributed by atoms with Gasteiger partial charge in [-0.15, -0.1) is 4.40 Å². The van der Waals surface area contributed by atoms with Crippen molar-refractivity contribution < 1.29 is 9.59 Å². The van der Waals surface area contributed by atoms with Gasteiger partial charge in [0.05, 0.1) is 6.04 Å². The molecule has 4 nitrogen and oxygen atoms in total. The molecule has 0 aromatic rings. The molecule has 0 amide bonds. The largest absolute Gasteiger partial charge is 0.247 e. The van der Waals surface area contributed by atoms with Crippen LogP contribution in [0.5, 0.6) is 0 Å². The van der Waals surface area contributed by atoms with Gasteiger partial charge >= 0.3 is 0 Å². The highest BCUT2D eigenvalue weighted by Gasteiger charge is 1.96. The van der Waals surface area contributed by atoms with Crippen LogP contribution in [0, 0.1) is 0 Å². The third kappa shape index (κ3) is 5.25. The molecule has 0 aliphatic carbocycles. The van der Waals surface area contributed by atoms with Gasteiger partial charge in [0.1, 0.15) is 0 Å². The lowest BCUT2D eigenvalue weighted by Crippen LogP contribution is -1.99. The van der Waals surface area contributed by atoms with Gasteiger partial charge in [-0.2, -0.15) is 0 Å². The third-order valence-electron chi connectivity index (χ3n) is 0.691. The van der Waals surface area contributed by atoms with E-state index >= 15 is 0 Å². The van der Waals surface area contributed by atoms with E-state index in [-0.39, 0.29) is 6.04 Å². The van der Waals surface area contributed by atoms with E-state index in [1.807, 2.05) is 0 Å². The molecule has 0 aliphatic heterocycles. The van der Waals surface area contributed by atoms with Crippen LogP contribution < -0.4 is 0 Å². The Hall–Kier alpha value is -0.890. The maximum atomic E-state index is 9.64. The molecule has 0 saturated carbocycles. The quantitative estimate of drug-likeness (QED) is 0.343. The molecule has 0 aromatic carbocycles. The van der Waals surface area contributed by atoms with E-state index in [0.29, 0.717) is 5.75 Å². The van der Waals surface area contributed by atoms with Crippen molar-refractivity contribution in [3.05, 3.63) is 0 Å². The average molecular weight is 158 g/mol. The summed E-state index contributed by atoms with van der Waals surface area (Å²) in [7, 11) is 0. The van der Waals surface area contributed by atoms with Crippen molar-refractivity contribution in [2.24, 2.45) is 9.39 Å². The summed E-state index contributed by atoms with van der Waals surface area (Å²) in [5.41, 5.74) is 0. The summed E-state index contributed by atoms with van der Waals surface area (Å²) < 4.78 is 3.22. The minimum absolute atomic E-state index is 0.139. The molecule has 0 aliphatic rings. The number of rotatable bonds is 4. The van der Waals surface area contributed by atoms with Crippen molar-refractivity contribution in [3.8, 4) is 0 Å². The highest BCUT2D eigenvalue weighted by Crippen LogP contribution is 2.04. The lowest BCUT2D eigenvalue weighted by Gasteiger charge is -1.95. The predicted molar refractivity (Wildman–Crippen MR) is 38.2 cm³/mol. The van der Waals surface area contributed by atoms with Gasteiger partial charge in [0.2, 0.25) is 12.2 Å². The Balaban J connectivity index is 3.48. The van der Waals surface area contributed by atoms with E-state index in [1.54, 1.807) is 6.92 Å². The Kier molecular flexibility index (Phi) is 5.68. The van der Waals surface area contributed by atoms with E-state index < -0.39 is 0 Å². The van der Waals surface area contributed by atoms with Crippen molar-refractivity contribution in [3.63, 3.8) is 0 Å². The number of aliphatic imine (C=N–C) groups is 1. The zero-order valence-corrected chi connectivity index (χ0v) is 6.22. The highest BCUT2D eigenvalue weighted by molar-refractivity contribution is 7.98. The number of isocyanates is 2. The third-order valence-corrected chi connectivity index (χ3v) is 1.53. The molecule has 0 rings (SSSR count). The van der Waals surface area contributed by atoms with Crippen LogP contribution in [-0.2, 0) is 9.59 Å². The molecular formula is C5H6N2O2S. The number of carbonyl (C=O) groups excluding carboxylic acids is 2. The zero-order valence-electron chi connectivity index (χ0n) is 5.40. The fourth-order valence-electron chi connectivity index (χ4n) is 0.299. The number of hydrogen-bond acceptors (Lipinski definition) is 5. The van der Waals surface area contributed by atoms with Crippen LogP contribution in [0.4, 0.5) is 0 Å². The molecular weight excluding hydrogens is 152 g/mol. The van der Waals surface area contributed by atoms with Crippen LogP contribution in [-0.4, -0.2) is 24.0 Å². The van der Waals surface area contributed by atoms with E-state index in [2.05, 4.69) is 9.39 Å². The van der Waals surface area contributed by atoms with Crippen molar-refractivity contribution in [2.45, 2.75) is 13.0 Å². The fraction of sp³-hybridized carbons (Fsp3) is 0.600. The van der Waals surface area contributed by atoms with Gasteiger partial charge in [-0.05, 0) is 18.9 Å². The summed E-state index contributed by atoms with van der Waals surface area (Å²) in [5, 5.41) is 0. The minimum atomic E-state index is -0.139. The van der Waals surface area contributed by atoms with Crippen LogP contribution >= 0.6 is 11.9 Å². The second-order valence-electron chi connectivity index (χ2n) is 1.55. The predicted octanol–water partition coefficient (Wildman–Crippen LogP) is 0.695. The zero-order chi connectivity index (χ0) is 7.82. The van der Waals surface area contributed by atoms with Crippen molar-refractivity contribution >= 4 is 24.1 Å². The Morgan fingerprint density at radius 3 is 2.70 bits per heavy atom. The van der Waals surface area contributed by atoms with Gasteiger partial charge in [0.15, 0.2) is 0 Å². The topological polar surface area (TPSA) is 58.9 Å². The monoisotopic (exact) mass is 158 g/mol. The molecule has 0 radical (unpaired) electrons. The summed E-state index contributed by atoms with van der Waals surface area (Å²) in [4.78, 5) is 22.5. The first-order valence-corrected chi connectivity index (χ1v) is 3.51. The standard InChI is InChI=1S/C5H6N2O2S/c1-5(6-3-8)2-10-7-4-9/h5H,2H2,1H3. The summed E-state index contributed by atoms with van der Waals surface area (Å²) in [6.45, 7) is 1.73. The Morgan fingerprint density at radius 1 is 1.50 bits per heavy atom. The van der Waals surface area contributed by atoms with Crippen LogP contribution in [0.25, 0.3) is 0 Å². The second kappa shape index (κ2) is 6.23. The first kappa shape index (κ1) is 9.11. The molecule has 0 aromatic heterocycles. The van der Waals surface area contributed by atoms with E-state index in [1.165, 1.54) is 12.2 Å². The van der Waals surface area contributed by atoms with Crippen LogP contribution in [0.1, 0.15) is 6.92 Å². The highest BCUT2D eigenvalue weighted by atomic mass is 32.2. The fourth-order valence-corrected chi connectivity index (χ4v) is 0.716. The first-order valence-electron chi connectivity index (χ1n) is 2.57. The van der Waals surface area contributed by atoms with Gasteiger partial charge in [0, 0.05) is 5.75 Å². The molecule has 0 saturated heterocycles. The maximum absolute atomic E-state index is 9.64. The van der Waals surface area contributed by atoms with Crippen molar-refractivity contribution in [1.82, 2.24) is 0 Å². The van der Waals surface area contributed by atoms with Gasteiger partial charge in [-0.25, -0.2) is 14.6 Å². The van der Waals surface area contributed by atoms with Gasteiger partial charge in [0.25, 0.3) is 0 Å². The smallest absolute Gasteiger partial charge is 0.211 e. The average Bonchev–Trinajstić information content (AvgIpc) is 1.89. The second-order valence-corrected chi connectivity index (χ2v) is 2.32. The molecule has 1 unspecified atom stereocenters. The molecule has 5 heteroatoms. The Morgan fingerprint density at radius 2 is 2.20 bits per heavy atom. The molecule has 0 N–H and O–H groups in total.